The van der Waals surface area contributed by atoms with E-state index in [1.165, 1.54) is 0 Å². The summed E-state index contributed by atoms with van der Waals surface area (Å²) in [7, 11) is 0. The Morgan fingerprint density at radius 1 is 1.59 bits per heavy atom. The third-order valence-electron chi connectivity index (χ3n) is 3.34. The molecule has 1 aromatic rings. The van der Waals surface area contributed by atoms with Gasteiger partial charge in [-0.15, -0.1) is 0 Å². The van der Waals surface area contributed by atoms with Crippen LogP contribution in [0.4, 0.5) is 0 Å². The van der Waals surface area contributed by atoms with Crippen LogP contribution in [-0.4, -0.2) is 28.1 Å². The number of nitrogens with one attached hydrogen (secondary N) is 1. The zero-order valence-corrected chi connectivity index (χ0v) is 10.2. The van der Waals surface area contributed by atoms with E-state index in [0.29, 0.717) is 11.5 Å². The van der Waals surface area contributed by atoms with E-state index < -0.39 is 5.54 Å². The first-order valence-electron chi connectivity index (χ1n) is 5.90. The lowest BCUT2D eigenvalue weighted by atomic mass is 9.96. The highest BCUT2D eigenvalue weighted by Crippen LogP contribution is 2.39. The molecule has 1 aliphatic carbocycles. The van der Waals surface area contributed by atoms with Gasteiger partial charge in [-0.25, -0.2) is 0 Å². The second-order valence-corrected chi connectivity index (χ2v) is 5.05. The van der Waals surface area contributed by atoms with Crippen molar-refractivity contribution in [1.29, 1.82) is 0 Å². The molecule has 0 aromatic carbocycles. The van der Waals surface area contributed by atoms with Gasteiger partial charge in [0.1, 0.15) is 0 Å². The minimum atomic E-state index is -0.499. The Hall–Kier alpha value is -1.42. The molecule has 1 amide bonds. The first-order chi connectivity index (χ1) is 8.05. The van der Waals surface area contributed by atoms with E-state index in [0.717, 1.165) is 18.4 Å². The van der Waals surface area contributed by atoms with Gasteiger partial charge in [-0.3, -0.25) is 9.78 Å². The smallest absolute Gasteiger partial charge is 0.253 e. The molecule has 0 bridgehead atoms. The van der Waals surface area contributed by atoms with Crippen molar-refractivity contribution in [2.75, 3.05) is 6.61 Å². The van der Waals surface area contributed by atoms with Crippen LogP contribution in [0.15, 0.2) is 18.5 Å². The standard InChI is InChI=1S/C13H18N2O2/c1-9-5-10(7-14-6-9)12(17)15-13(2,8-16)11-3-4-11/h5-7,11,16H,3-4,8H2,1-2H3,(H,15,17). The number of amides is 1. The van der Waals surface area contributed by atoms with Gasteiger partial charge in [-0.1, -0.05) is 0 Å². The van der Waals surface area contributed by atoms with Gasteiger partial charge in [0.2, 0.25) is 0 Å². The van der Waals surface area contributed by atoms with E-state index in [1.54, 1.807) is 18.5 Å². The van der Waals surface area contributed by atoms with E-state index in [1.807, 2.05) is 13.8 Å². The highest BCUT2D eigenvalue weighted by atomic mass is 16.3. The van der Waals surface area contributed by atoms with E-state index in [-0.39, 0.29) is 12.5 Å². The van der Waals surface area contributed by atoms with Gasteiger partial charge in [-0.05, 0) is 44.2 Å². The van der Waals surface area contributed by atoms with Gasteiger partial charge in [0, 0.05) is 12.4 Å². The van der Waals surface area contributed by atoms with Crippen LogP contribution < -0.4 is 5.32 Å². The monoisotopic (exact) mass is 234 g/mol. The van der Waals surface area contributed by atoms with Gasteiger partial charge in [-0.2, -0.15) is 0 Å². The molecule has 17 heavy (non-hydrogen) atoms. The summed E-state index contributed by atoms with van der Waals surface area (Å²) in [6, 6.07) is 1.80. The highest BCUT2D eigenvalue weighted by molar-refractivity contribution is 5.94. The number of nitrogens with zero attached hydrogens (tertiary/aromatic N) is 1. The Balaban J connectivity index is 2.10. The van der Waals surface area contributed by atoms with E-state index in [9.17, 15) is 9.90 Å². The summed E-state index contributed by atoms with van der Waals surface area (Å²) in [5, 5.41) is 12.3. The zero-order chi connectivity index (χ0) is 12.5. The fraction of sp³-hybridized carbons (Fsp3) is 0.538. The number of aryl methyl sites for hydroxylation is 1. The normalized spacial score (nSPS) is 18.5. The summed E-state index contributed by atoms with van der Waals surface area (Å²) < 4.78 is 0. The molecule has 1 unspecified atom stereocenters. The van der Waals surface area contributed by atoms with E-state index in [2.05, 4.69) is 10.3 Å². The maximum Gasteiger partial charge on any atom is 0.253 e. The molecule has 2 rings (SSSR count). The second kappa shape index (κ2) is 4.45. The summed E-state index contributed by atoms with van der Waals surface area (Å²) in [6.45, 7) is 3.77. The van der Waals surface area contributed by atoms with Crippen LogP contribution in [0.25, 0.3) is 0 Å². The molecule has 2 N–H and O–H groups in total. The molecule has 4 nitrogen and oxygen atoms in total. The Morgan fingerprint density at radius 2 is 2.29 bits per heavy atom. The van der Waals surface area contributed by atoms with Gasteiger partial charge < -0.3 is 10.4 Å². The number of aliphatic hydroxyl groups is 1. The van der Waals surface area contributed by atoms with Crippen LogP contribution in [0.5, 0.6) is 0 Å². The van der Waals surface area contributed by atoms with Crippen LogP contribution >= 0.6 is 0 Å². The van der Waals surface area contributed by atoms with Crippen LogP contribution in [0.2, 0.25) is 0 Å². The molecular weight excluding hydrogens is 216 g/mol. The Bertz CT molecular complexity index is 429. The fourth-order valence-electron chi connectivity index (χ4n) is 2.00. The average molecular weight is 234 g/mol. The molecule has 0 saturated heterocycles. The maximum absolute atomic E-state index is 12.0. The van der Waals surface area contributed by atoms with Gasteiger partial charge in [0.15, 0.2) is 0 Å². The lowest BCUT2D eigenvalue weighted by molar-refractivity contribution is 0.0824. The molecule has 1 fully saturated rings. The second-order valence-electron chi connectivity index (χ2n) is 5.05. The number of pyridine rings is 1. The molecule has 1 aromatic heterocycles. The first kappa shape index (κ1) is 12.0. The van der Waals surface area contributed by atoms with Crippen molar-refractivity contribution in [3.63, 3.8) is 0 Å². The predicted octanol–water partition coefficient (Wildman–Crippen LogP) is 1.28. The molecule has 1 atom stereocenters. The van der Waals surface area contributed by atoms with Crippen molar-refractivity contribution in [1.82, 2.24) is 10.3 Å². The van der Waals surface area contributed by atoms with Crippen LogP contribution in [0.3, 0.4) is 0 Å². The van der Waals surface area contributed by atoms with Crippen LogP contribution in [0.1, 0.15) is 35.7 Å². The number of hydrogen-bond acceptors (Lipinski definition) is 3. The minimum Gasteiger partial charge on any atom is -0.394 e. The zero-order valence-electron chi connectivity index (χ0n) is 10.2. The molecule has 1 heterocycles. The molecule has 1 saturated carbocycles. The number of rotatable bonds is 4. The lowest BCUT2D eigenvalue weighted by Gasteiger charge is -2.28. The quantitative estimate of drug-likeness (QED) is 0.825. The van der Waals surface area contributed by atoms with Gasteiger partial charge in [0.25, 0.3) is 5.91 Å². The van der Waals surface area contributed by atoms with E-state index >= 15 is 0 Å². The van der Waals surface area contributed by atoms with Crippen molar-refractivity contribution < 1.29 is 9.90 Å². The first-order valence-corrected chi connectivity index (χ1v) is 5.90. The molecular formula is C13H18N2O2. The van der Waals surface area contributed by atoms with Gasteiger partial charge >= 0.3 is 0 Å². The fourth-order valence-corrected chi connectivity index (χ4v) is 2.00. The number of carbonyl (C=O) groups excluding carboxylic acids is 1. The molecule has 92 valence electrons. The Morgan fingerprint density at radius 3 is 2.82 bits per heavy atom. The summed E-state index contributed by atoms with van der Waals surface area (Å²) in [4.78, 5) is 16.0. The van der Waals surface area contributed by atoms with Crippen molar-refractivity contribution in [3.05, 3.63) is 29.6 Å². The van der Waals surface area contributed by atoms with Gasteiger partial charge in [0.05, 0.1) is 17.7 Å². The van der Waals surface area contributed by atoms with Crippen LogP contribution in [-0.2, 0) is 0 Å². The SMILES string of the molecule is Cc1cncc(C(=O)NC(C)(CO)C2CC2)c1. The van der Waals surface area contributed by atoms with Crippen LogP contribution in [0, 0.1) is 12.8 Å². The van der Waals surface area contributed by atoms with Crippen molar-refractivity contribution in [2.24, 2.45) is 5.92 Å². The molecule has 0 spiro atoms. The molecule has 4 heteroatoms. The average Bonchev–Trinajstić information content (AvgIpc) is 3.13. The number of hydrogen-bond donors (Lipinski definition) is 2. The maximum atomic E-state index is 12.0. The van der Waals surface area contributed by atoms with Crippen molar-refractivity contribution in [2.45, 2.75) is 32.2 Å². The lowest BCUT2D eigenvalue weighted by Crippen LogP contribution is -2.50. The number of carbonyl (C=O) groups is 1. The predicted molar refractivity (Wildman–Crippen MR) is 64.7 cm³/mol. The minimum absolute atomic E-state index is 0.0251. The number of aromatic nitrogens is 1. The summed E-state index contributed by atoms with van der Waals surface area (Å²) >= 11 is 0. The number of aliphatic hydroxyl groups excluding tert-OH is 1. The largest absolute Gasteiger partial charge is 0.394 e. The highest BCUT2D eigenvalue weighted by Gasteiger charge is 2.42. The summed E-state index contributed by atoms with van der Waals surface area (Å²) in [6.07, 6.45) is 5.41. The topological polar surface area (TPSA) is 62.2 Å². The summed E-state index contributed by atoms with van der Waals surface area (Å²) in [5.74, 6) is 0.235. The molecule has 0 radical (unpaired) electrons. The Labute approximate surface area is 101 Å². The summed E-state index contributed by atoms with van der Waals surface area (Å²) in [5.41, 5.74) is 1.00. The molecule has 1 aliphatic rings. The van der Waals surface area contributed by atoms with Crippen molar-refractivity contribution >= 4 is 5.91 Å². The third-order valence-corrected chi connectivity index (χ3v) is 3.34. The third kappa shape index (κ3) is 2.64. The van der Waals surface area contributed by atoms with Crippen molar-refractivity contribution in [3.8, 4) is 0 Å². The Kier molecular flexibility index (Phi) is 3.15. The molecule has 0 aliphatic heterocycles. The van der Waals surface area contributed by atoms with E-state index in [4.69, 9.17) is 0 Å².